The van der Waals surface area contributed by atoms with Gasteiger partial charge in [-0.2, -0.15) is 0 Å². The molecule has 0 saturated carbocycles. The van der Waals surface area contributed by atoms with Crippen LogP contribution < -0.4 is 0 Å². The molecule has 1 aliphatic heterocycles. The second-order valence-corrected chi connectivity index (χ2v) is 4.85. The Morgan fingerprint density at radius 1 is 1.10 bits per heavy atom. The van der Waals surface area contributed by atoms with Crippen LogP contribution in [-0.2, 0) is 6.54 Å². The van der Waals surface area contributed by atoms with E-state index in [1.165, 1.54) is 29.2 Å². The van der Waals surface area contributed by atoms with E-state index in [1.54, 1.807) is 7.05 Å². The number of rotatable bonds is 0. The van der Waals surface area contributed by atoms with Gasteiger partial charge in [0.25, 0.3) is 5.91 Å². The number of fused-ring (bicyclic) bond motifs is 3. The van der Waals surface area contributed by atoms with Gasteiger partial charge in [-0.3, -0.25) is 4.79 Å². The maximum Gasteiger partial charge on any atom is 0.254 e. The quantitative estimate of drug-likeness (QED) is 0.775. The van der Waals surface area contributed by atoms with Crippen LogP contribution in [0.25, 0.3) is 11.1 Å². The highest BCUT2D eigenvalue weighted by atomic mass is 19.1. The lowest BCUT2D eigenvalue weighted by molar-refractivity contribution is 0.0788. The molecule has 102 valence electrons. The molecule has 0 unspecified atom stereocenters. The molecule has 2 aromatic rings. The molecule has 1 heterocycles. The van der Waals surface area contributed by atoms with Gasteiger partial charge >= 0.3 is 0 Å². The number of aromatic hydroxyl groups is 2. The van der Waals surface area contributed by atoms with Crippen molar-refractivity contribution in [2.45, 2.75) is 6.54 Å². The topological polar surface area (TPSA) is 60.8 Å². The predicted octanol–water partition coefficient (Wildman–Crippen LogP) is 2.49. The van der Waals surface area contributed by atoms with Crippen LogP contribution in [-0.4, -0.2) is 28.1 Å². The Morgan fingerprint density at radius 2 is 1.85 bits per heavy atom. The molecule has 4 nitrogen and oxygen atoms in total. The fourth-order valence-corrected chi connectivity index (χ4v) is 2.53. The van der Waals surface area contributed by atoms with Gasteiger partial charge in [0.15, 0.2) is 0 Å². The zero-order valence-electron chi connectivity index (χ0n) is 10.7. The van der Waals surface area contributed by atoms with Gasteiger partial charge in [-0.25, -0.2) is 4.39 Å². The molecule has 5 heteroatoms. The Labute approximate surface area is 114 Å². The predicted molar refractivity (Wildman–Crippen MR) is 71.0 cm³/mol. The molecule has 2 aromatic carbocycles. The van der Waals surface area contributed by atoms with Crippen LogP contribution in [0, 0.1) is 5.82 Å². The van der Waals surface area contributed by atoms with Gasteiger partial charge < -0.3 is 15.1 Å². The number of phenolic OH excluding ortho intramolecular Hbond substituents is 2. The minimum atomic E-state index is -0.588. The van der Waals surface area contributed by atoms with Crippen molar-refractivity contribution in [1.29, 1.82) is 0 Å². The minimum Gasteiger partial charge on any atom is -0.508 e. The van der Waals surface area contributed by atoms with Crippen molar-refractivity contribution in [2.75, 3.05) is 7.05 Å². The van der Waals surface area contributed by atoms with Gasteiger partial charge in [0, 0.05) is 25.2 Å². The summed E-state index contributed by atoms with van der Waals surface area (Å²) in [6.07, 6.45) is 0. The number of carbonyl (C=O) groups is 1. The number of benzene rings is 2. The van der Waals surface area contributed by atoms with E-state index < -0.39 is 5.82 Å². The van der Waals surface area contributed by atoms with Crippen LogP contribution in [0.4, 0.5) is 4.39 Å². The average Bonchev–Trinajstić information content (AvgIpc) is 2.47. The average molecular weight is 273 g/mol. The van der Waals surface area contributed by atoms with Crippen LogP contribution in [0.3, 0.4) is 0 Å². The number of amides is 1. The summed E-state index contributed by atoms with van der Waals surface area (Å²) in [6.45, 7) is 0.189. The molecule has 0 atom stereocenters. The zero-order valence-corrected chi connectivity index (χ0v) is 10.7. The molecule has 1 amide bonds. The Kier molecular flexibility index (Phi) is 2.64. The van der Waals surface area contributed by atoms with Gasteiger partial charge in [-0.1, -0.05) is 0 Å². The standard InChI is InChI=1S/C15H12FNO3/c1-17-7-8-4-10(19)6-13(16)14(8)11-3-2-9(18)5-12(11)15(17)20/h2-6,18-19H,7H2,1H3. The highest BCUT2D eigenvalue weighted by Gasteiger charge is 2.26. The Bertz CT molecular complexity index is 727. The van der Waals surface area contributed by atoms with Crippen LogP contribution in [0.5, 0.6) is 11.5 Å². The molecule has 0 saturated heterocycles. The molecular weight excluding hydrogens is 261 g/mol. The number of carbonyl (C=O) groups excluding carboxylic acids is 1. The van der Waals surface area contributed by atoms with Gasteiger partial charge in [0.05, 0.1) is 5.56 Å². The number of hydrogen-bond donors (Lipinski definition) is 2. The van der Waals surface area contributed by atoms with Crippen LogP contribution in [0.2, 0.25) is 0 Å². The van der Waals surface area contributed by atoms with Crippen LogP contribution in [0.1, 0.15) is 15.9 Å². The first kappa shape index (κ1) is 12.5. The first-order chi connectivity index (χ1) is 9.47. The summed E-state index contributed by atoms with van der Waals surface area (Å²) in [5.74, 6) is -1.11. The molecule has 0 fully saturated rings. The summed E-state index contributed by atoms with van der Waals surface area (Å²) < 4.78 is 14.2. The molecule has 0 aliphatic carbocycles. The lowest BCUT2D eigenvalue weighted by Gasteiger charge is -2.15. The molecule has 20 heavy (non-hydrogen) atoms. The van der Waals surface area contributed by atoms with Gasteiger partial charge in [0.1, 0.15) is 17.3 Å². The molecule has 1 aliphatic rings. The monoisotopic (exact) mass is 273 g/mol. The van der Waals surface area contributed by atoms with Crippen molar-refractivity contribution >= 4 is 5.91 Å². The van der Waals surface area contributed by atoms with Crippen molar-refractivity contribution in [3.05, 3.63) is 47.3 Å². The second-order valence-electron chi connectivity index (χ2n) is 4.85. The van der Waals surface area contributed by atoms with E-state index in [9.17, 15) is 19.4 Å². The maximum absolute atomic E-state index is 14.2. The molecule has 2 N–H and O–H groups in total. The third-order valence-corrected chi connectivity index (χ3v) is 3.41. The molecule has 3 rings (SSSR count). The second kappa shape index (κ2) is 4.23. The lowest BCUT2D eigenvalue weighted by atomic mass is 9.95. The number of phenols is 2. The van der Waals surface area contributed by atoms with Crippen molar-refractivity contribution in [3.8, 4) is 22.6 Å². The Morgan fingerprint density at radius 3 is 2.60 bits per heavy atom. The molecule has 0 bridgehead atoms. The molecule has 0 aromatic heterocycles. The lowest BCUT2D eigenvalue weighted by Crippen LogP contribution is -2.24. The molecule has 0 radical (unpaired) electrons. The Hall–Kier alpha value is -2.56. The first-order valence-corrected chi connectivity index (χ1v) is 6.07. The molecular formula is C15H12FNO3. The summed E-state index contributed by atoms with van der Waals surface area (Å²) in [5.41, 5.74) is 1.48. The molecule has 0 spiro atoms. The van der Waals surface area contributed by atoms with Crippen molar-refractivity contribution in [2.24, 2.45) is 0 Å². The summed E-state index contributed by atoms with van der Waals surface area (Å²) in [6, 6.07) is 6.72. The van der Waals surface area contributed by atoms with E-state index in [-0.39, 0.29) is 35.1 Å². The third-order valence-electron chi connectivity index (χ3n) is 3.41. The fourth-order valence-electron chi connectivity index (χ4n) is 2.53. The van der Waals surface area contributed by atoms with Crippen molar-refractivity contribution in [3.63, 3.8) is 0 Å². The number of hydrogen-bond acceptors (Lipinski definition) is 3. The SMILES string of the molecule is CN1Cc2cc(O)cc(F)c2-c2ccc(O)cc2C1=O. The largest absolute Gasteiger partial charge is 0.508 e. The van der Waals surface area contributed by atoms with Crippen molar-refractivity contribution < 1.29 is 19.4 Å². The van der Waals surface area contributed by atoms with Crippen LogP contribution >= 0.6 is 0 Å². The summed E-state index contributed by atoms with van der Waals surface area (Å²) >= 11 is 0. The van der Waals surface area contributed by atoms with E-state index in [0.717, 1.165) is 6.07 Å². The van der Waals surface area contributed by atoms with Gasteiger partial charge in [-0.05, 0) is 35.4 Å². The van der Waals surface area contributed by atoms with Gasteiger partial charge in [-0.15, -0.1) is 0 Å². The highest BCUT2D eigenvalue weighted by molar-refractivity contribution is 6.02. The number of nitrogens with zero attached hydrogens (tertiary/aromatic N) is 1. The van der Waals surface area contributed by atoms with Crippen molar-refractivity contribution in [1.82, 2.24) is 4.90 Å². The third kappa shape index (κ3) is 1.79. The fraction of sp³-hybridized carbons (Fsp3) is 0.133. The summed E-state index contributed by atoms with van der Waals surface area (Å²) in [7, 11) is 1.59. The zero-order chi connectivity index (χ0) is 14.4. The van der Waals surface area contributed by atoms with E-state index >= 15 is 0 Å². The summed E-state index contributed by atoms with van der Waals surface area (Å²) in [5, 5.41) is 19.1. The summed E-state index contributed by atoms with van der Waals surface area (Å²) in [4.78, 5) is 13.7. The smallest absolute Gasteiger partial charge is 0.254 e. The van der Waals surface area contributed by atoms with Gasteiger partial charge in [0.2, 0.25) is 0 Å². The highest BCUT2D eigenvalue weighted by Crippen LogP contribution is 2.37. The normalized spacial score (nSPS) is 13.7. The van der Waals surface area contributed by atoms with Crippen LogP contribution in [0.15, 0.2) is 30.3 Å². The Balaban J connectivity index is 2.38. The first-order valence-electron chi connectivity index (χ1n) is 6.07. The minimum absolute atomic E-state index is 0.0480. The number of halogens is 1. The van der Waals surface area contributed by atoms with E-state index in [0.29, 0.717) is 11.1 Å². The maximum atomic E-state index is 14.2. The van der Waals surface area contributed by atoms with E-state index in [2.05, 4.69) is 0 Å². The van der Waals surface area contributed by atoms with E-state index in [1.807, 2.05) is 0 Å². The van der Waals surface area contributed by atoms with E-state index in [4.69, 9.17) is 0 Å².